The zero-order valence-electron chi connectivity index (χ0n) is 11.4. The van der Waals surface area contributed by atoms with Crippen molar-refractivity contribution >= 4 is 15.9 Å². The number of ether oxygens (including phenoxy) is 1. The average Bonchev–Trinajstić information content (AvgIpc) is 2.41. The molecule has 0 heterocycles. The number of hydrogen-bond donors (Lipinski definition) is 1. The first kappa shape index (κ1) is 15.0. The van der Waals surface area contributed by atoms with Crippen LogP contribution in [0.15, 0.2) is 40.9 Å². The van der Waals surface area contributed by atoms with Gasteiger partial charge in [0.2, 0.25) is 0 Å². The minimum Gasteiger partial charge on any atom is -0.497 e. The van der Waals surface area contributed by atoms with Gasteiger partial charge in [-0.25, -0.2) is 4.39 Å². The van der Waals surface area contributed by atoms with E-state index in [1.54, 1.807) is 19.2 Å². The molecule has 0 fully saturated rings. The maximum absolute atomic E-state index is 13.9. The summed E-state index contributed by atoms with van der Waals surface area (Å²) in [4.78, 5) is 0. The third-order valence-electron chi connectivity index (χ3n) is 3.18. The van der Waals surface area contributed by atoms with Gasteiger partial charge in [-0.15, -0.1) is 0 Å². The van der Waals surface area contributed by atoms with Gasteiger partial charge >= 0.3 is 0 Å². The normalized spacial score (nSPS) is 12.2. The topological polar surface area (TPSA) is 29.5 Å². The Morgan fingerprint density at radius 1 is 1.25 bits per heavy atom. The lowest BCUT2D eigenvalue weighted by molar-refractivity contribution is 0.173. The van der Waals surface area contributed by atoms with E-state index in [4.69, 9.17) is 4.74 Å². The molecule has 0 aliphatic rings. The van der Waals surface area contributed by atoms with Gasteiger partial charge in [0.25, 0.3) is 0 Å². The summed E-state index contributed by atoms with van der Waals surface area (Å²) in [7, 11) is 1.59. The number of rotatable bonds is 4. The van der Waals surface area contributed by atoms with Crippen molar-refractivity contribution in [3.8, 4) is 5.75 Å². The molecule has 0 saturated heterocycles. The van der Waals surface area contributed by atoms with Gasteiger partial charge in [0.1, 0.15) is 11.6 Å². The van der Waals surface area contributed by atoms with Crippen LogP contribution >= 0.6 is 15.9 Å². The van der Waals surface area contributed by atoms with Crippen LogP contribution in [0.2, 0.25) is 0 Å². The maximum atomic E-state index is 13.9. The molecular weight excluding hydrogens is 323 g/mol. The molecule has 1 atom stereocenters. The minimum atomic E-state index is -0.890. The quantitative estimate of drug-likeness (QED) is 0.905. The summed E-state index contributed by atoms with van der Waals surface area (Å²) in [5.41, 5.74) is 2.02. The van der Waals surface area contributed by atoms with Gasteiger partial charge in [-0.2, -0.15) is 0 Å². The lowest BCUT2D eigenvalue weighted by Gasteiger charge is -2.14. The number of aliphatic hydroxyl groups is 1. The molecule has 106 valence electrons. The van der Waals surface area contributed by atoms with Gasteiger partial charge in [-0.1, -0.05) is 28.1 Å². The van der Waals surface area contributed by atoms with E-state index >= 15 is 0 Å². The Morgan fingerprint density at radius 2 is 2.00 bits per heavy atom. The highest BCUT2D eigenvalue weighted by atomic mass is 79.9. The second-order valence-corrected chi connectivity index (χ2v) is 5.56. The van der Waals surface area contributed by atoms with Gasteiger partial charge in [0.15, 0.2) is 0 Å². The van der Waals surface area contributed by atoms with Crippen molar-refractivity contribution in [1.82, 2.24) is 0 Å². The predicted molar refractivity (Wildman–Crippen MR) is 80.5 cm³/mol. The summed E-state index contributed by atoms with van der Waals surface area (Å²) in [5, 5.41) is 10.2. The van der Waals surface area contributed by atoms with E-state index in [9.17, 15) is 9.50 Å². The van der Waals surface area contributed by atoms with Crippen molar-refractivity contribution in [2.45, 2.75) is 19.4 Å². The van der Waals surface area contributed by atoms with Crippen molar-refractivity contribution in [2.75, 3.05) is 7.11 Å². The number of aryl methyl sites for hydroxylation is 1. The molecule has 0 saturated carbocycles. The third-order valence-corrected chi connectivity index (χ3v) is 3.95. The van der Waals surface area contributed by atoms with Gasteiger partial charge < -0.3 is 9.84 Å². The van der Waals surface area contributed by atoms with Crippen LogP contribution in [0.3, 0.4) is 0 Å². The van der Waals surface area contributed by atoms with E-state index in [1.807, 2.05) is 25.1 Å². The standard InChI is InChI=1S/C16H16BrFO2/c1-10-3-5-13(15(18)7-10)16(19)9-11-8-12(20-2)4-6-14(11)17/h3-8,16,19H,9H2,1-2H3. The molecule has 4 heteroatoms. The Morgan fingerprint density at radius 3 is 2.65 bits per heavy atom. The lowest BCUT2D eigenvalue weighted by atomic mass is 10.00. The second kappa shape index (κ2) is 6.37. The van der Waals surface area contributed by atoms with Crippen LogP contribution in [0.5, 0.6) is 5.75 Å². The molecule has 20 heavy (non-hydrogen) atoms. The van der Waals surface area contributed by atoms with Gasteiger partial charge in [0.05, 0.1) is 13.2 Å². The molecule has 0 radical (unpaired) electrons. The largest absolute Gasteiger partial charge is 0.497 e. The first-order valence-corrected chi connectivity index (χ1v) is 7.07. The molecule has 0 aromatic heterocycles. The van der Waals surface area contributed by atoms with Crippen LogP contribution in [0.4, 0.5) is 4.39 Å². The van der Waals surface area contributed by atoms with E-state index in [1.165, 1.54) is 6.07 Å². The van der Waals surface area contributed by atoms with Crippen molar-refractivity contribution in [3.05, 3.63) is 63.4 Å². The predicted octanol–water partition coefficient (Wildman–Crippen LogP) is 4.18. The molecule has 2 nitrogen and oxygen atoms in total. The van der Waals surface area contributed by atoms with Gasteiger partial charge in [-0.3, -0.25) is 0 Å². The van der Waals surface area contributed by atoms with Crippen molar-refractivity contribution in [3.63, 3.8) is 0 Å². The molecule has 0 bridgehead atoms. The number of hydrogen-bond acceptors (Lipinski definition) is 2. The number of benzene rings is 2. The van der Waals surface area contributed by atoms with E-state index in [0.29, 0.717) is 17.7 Å². The van der Waals surface area contributed by atoms with Crippen LogP contribution in [0.1, 0.15) is 22.8 Å². The first-order valence-electron chi connectivity index (χ1n) is 6.28. The fourth-order valence-corrected chi connectivity index (χ4v) is 2.46. The lowest BCUT2D eigenvalue weighted by Crippen LogP contribution is -2.05. The van der Waals surface area contributed by atoms with E-state index in [0.717, 1.165) is 15.6 Å². The molecule has 0 spiro atoms. The maximum Gasteiger partial charge on any atom is 0.129 e. The van der Waals surface area contributed by atoms with Crippen molar-refractivity contribution < 1.29 is 14.2 Å². The van der Waals surface area contributed by atoms with Crippen LogP contribution in [0, 0.1) is 12.7 Å². The summed E-state index contributed by atoms with van der Waals surface area (Å²) < 4.78 is 19.9. The monoisotopic (exact) mass is 338 g/mol. The summed E-state index contributed by atoms with van der Waals surface area (Å²) in [6.45, 7) is 1.82. The summed E-state index contributed by atoms with van der Waals surface area (Å²) in [6.07, 6.45) is -0.573. The molecule has 1 unspecified atom stereocenters. The van der Waals surface area contributed by atoms with Crippen molar-refractivity contribution in [1.29, 1.82) is 0 Å². The molecule has 2 rings (SSSR count). The molecule has 0 aliphatic carbocycles. The first-order chi connectivity index (χ1) is 9.51. The zero-order valence-corrected chi connectivity index (χ0v) is 12.9. The second-order valence-electron chi connectivity index (χ2n) is 4.70. The van der Waals surface area contributed by atoms with Gasteiger partial charge in [-0.05, 0) is 42.3 Å². The van der Waals surface area contributed by atoms with Crippen LogP contribution < -0.4 is 4.74 Å². The zero-order chi connectivity index (χ0) is 14.7. The highest BCUT2D eigenvalue weighted by Crippen LogP contribution is 2.28. The summed E-state index contributed by atoms with van der Waals surface area (Å²) >= 11 is 3.43. The Bertz CT molecular complexity index is 613. The van der Waals surface area contributed by atoms with Crippen LogP contribution in [0.25, 0.3) is 0 Å². The molecule has 2 aromatic carbocycles. The molecule has 1 N–H and O–H groups in total. The number of methoxy groups -OCH3 is 1. The van der Waals surface area contributed by atoms with E-state index in [2.05, 4.69) is 15.9 Å². The minimum absolute atomic E-state index is 0.310. The van der Waals surface area contributed by atoms with E-state index < -0.39 is 6.10 Å². The SMILES string of the molecule is COc1ccc(Br)c(CC(O)c2ccc(C)cc2F)c1. The van der Waals surface area contributed by atoms with Crippen LogP contribution in [-0.4, -0.2) is 12.2 Å². The Balaban J connectivity index is 2.25. The Labute approximate surface area is 126 Å². The smallest absolute Gasteiger partial charge is 0.129 e. The highest BCUT2D eigenvalue weighted by molar-refractivity contribution is 9.10. The summed E-state index contributed by atoms with van der Waals surface area (Å²) in [5.74, 6) is 0.330. The Kier molecular flexibility index (Phi) is 4.78. The molecular formula is C16H16BrFO2. The number of aliphatic hydroxyl groups excluding tert-OH is 1. The van der Waals surface area contributed by atoms with Crippen molar-refractivity contribution in [2.24, 2.45) is 0 Å². The molecule has 0 aliphatic heterocycles. The van der Waals surface area contributed by atoms with Gasteiger partial charge in [0, 0.05) is 16.5 Å². The fraction of sp³-hybridized carbons (Fsp3) is 0.250. The average molecular weight is 339 g/mol. The van der Waals surface area contributed by atoms with Crippen LogP contribution in [-0.2, 0) is 6.42 Å². The third kappa shape index (κ3) is 3.38. The highest BCUT2D eigenvalue weighted by Gasteiger charge is 2.15. The summed E-state index contributed by atoms with van der Waals surface area (Å²) in [6, 6.07) is 10.4. The Hall–Kier alpha value is -1.39. The fourth-order valence-electron chi connectivity index (χ4n) is 2.06. The van der Waals surface area contributed by atoms with E-state index in [-0.39, 0.29) is 5.82 Å². The molecule has 2 aromatic rings. The molecule has 0 amide bonds. The number of halogens is 2.